The molecule has 25 heavy (non-hydrogen) atoms. The first kappa shape index (κ1) is 19.7. The van der Waals surface area contributed by atoms with Crippen molar-refractivity contribution in [2.24, 2.45) is 0 Å². The van der Waals surface area contributed by atoms with E-state index in [1.54, 1.807) is 6.08 Å². The molecule has 0 aromatic heterocycles. The van der Waals surface area contributed by atoms with Crippen LogP contribution in [0.3, 0.4) is 0 Å². The monoisotopic (exact) mass is 340 g/mol. The molecule has 0 aliphatic heterocycles. The summed E-state index contributed by atoms with van der Waals surface area (Å²) in [7, 11) is 2.70. The second-order valence-corrected chi connectivity index (χ2v) is 4.70. The average Bonchev–Trinajstić information content (AvgIpc) is 2.66. The highest BCUT2D eigenvalue weighted by Gasteiger charge is 2.05. The van der Waals surface area contributed by atoms with Crippen LogP contribution < -0.4 is 0 Å². The Morgan fingerprint density at radius 2 is 1.36 bits per heavy atom. The number of esters is 1. The summed E-state index contributed by atoms with van der Waals surface area (Å²) in [6.45, 7) is 0. The van der Waals surface area contributed by atoms with Crippen molar-refractivity contribution in [2.75, 3.05) is 14.2 Å². The highest BCUT2D eigenvalue weighted by atomic mass is 16.5. The zero-order valence-corrected chi connectivity index (χ0v) is 14.1. The maximum Gasteiger partial charge on any atom is 0.371 e. The number of ether oxygens (including phenoxy) is 2. The number of hydrogen-bond donors (Lipinski definition) is 1. The molecular formula is C20H20O5. The van der Waals surface area contributed by atoms with Crippen LogP contribution in [0.5, 0.6) is 0 Å². The molecule has 0 unspecified atom stereocenters. The molecule has 1 N–H and O–H groups in total. The lowest BCUT2D eigenvalue weighted by atomic mass is 10.2. The molecule has 0 bridgehead atoms. The minimum absolute atomic E-state index is 0.0637. The zero-order valence-electron chi connectivity index (χ0n) is 14.1. The van der Waals surface area contributed by atoms with E-state index in [0.29, 0.717) is 0 Å². The number of rotatable bonds is 5. The Morgan fingerprint density at radius 1 is 0.840 bits per heavy atom. The Morgan fingerprint density at radius 3 is 1.80 bits per heavy atom. The van der Waals surface area contributed by atoms with Crippen LogP contribution in [0.25, 0.3) is 12.2 Å². The van der Waals surface area contributed by atoms with E-state index in [9.17, 15) is 9.59 Å². The standard InChI is InChI=1S/C10H10O3.C10H10O2/c1-13-9(10(11)12)7-8-5-3-2-4-6-8;1-12-10(11)8-7-9-5-3-2-4-6-9/h2-7H,1H3,(H,11,12);2-8H,1H3. The third-order valence-electron chi connectivity index (χ3n) is 2.94. The van der Waals surface area contributed by atoms with Gasteiger partial charge in [-0.25, -0.2) is 9.59 Å². The molecule has 5 nitrogen and oxygen atoms in total. The van der Waals surface area contributed by atoms with Crippen LogP contribution in [0.2, 0.25) is 0 Å². The van der Waals surface area contributed by atoms with Gasteiger partial charge in [0.05, 0.1) is 14.2 Å². The Kier molecular flexibility index (Phi) is 8.86. The zero-order chi connectivity index (χ0) is 18.5. The summed E-state index contributed by atoms with van der Waals surface area (Å²) < 4.78 is 9.12. The predicted octanol–water partition coefficient (Wildman–Crippen LogP) is 3.63. The molecule has 2 aromatic carbocycles. The van der Waals surface area contributed by atoms with Crippen molar-refractivity contribution in [3.8, 4) is 0 Å². The van der Waals surface area contributed by atoms with Gasteiger partial charge < -0.3 is 14.6 Å². The second-order valence-electron chi connectivity index (χ2n) is 4.70. The van der Waals surface area contributed by atoms with Gasteiger partial charge in [0.15, 0.2) is 0 Å². The summed E-state index contributed by atoms with van der Waals surface area (Å²) in [6, 6.07) is 18.7. The number of carbonyl (C=O) groups excluding carboxylic acids is 1. The van der Waals surface area contributed by atoms with Crippen LogP contribution in [0, 0.1) is 0 Å². The van der Waals surface area contributed by atoms with Crippen molar-refractivity contribution in [3.63, 3.8) is 0 Å². The quantitative estimate of drug-likeness (QED) is 0.511. The topological polar surface area (TPSA) is 72.8 Å². The molecule has 0 radical (unpaired) electrons. The van der Waals surface area contributed by atoms with Crippen LogP contribution >= 0.6 is 0 Å². The fourth-order valence-corrected chi connectivity index (χ4v) is 1.71. The molecule has 0 spiro atoms. The number of aliphatic carboxylic acids is 1. The van der Waals surface area contributed by atoms with E-state index in [0.717, 1.165) is 11.1 Å². The van der Waals surface area contributed by atoms with Crippen molar-refractivity contribution in [3.05, 3.63) is 83.6 Å². The molecule has 0 saturated carbocycles. The first-order valence-electron chi connectivity index (χ1n) is 7.42. The Balaban J connectivity index is 0.000000251. The molecule has 0 fully saturated rings. The summed E-state index contributed by atoms with van der Waals surface area (Å²) in [5.41, 5.74) is 1.80. The van der Waals surface area contributed by atoms with E-state index in [-0.39, 0.29) is 11.7 Å². The third-order valence-corrected chi connectivity index (χ3v) is 2.94. The smallest absolute Gasteiger partial charge is 0.371 e. The fraction of sp³-hybridized carbons (Fsp3) is 0.100. The fourth-order valence-electron chi connectivity index (χ4n) is 1.71. The van der Waals surface area contributed by atoms with Gasteiger partial charge in [-0.2, -0.15) is 0 Å². The number of methoxy groups -OCH3 is 2. The number of carbonyl (C=O) groups is 2. The van der Waals surface area contributed by atoms with Gasteiger partial charge in [-0.3, -0.25) is 0 Å². The molecule has 0 aliphatic carbocycles. The molecule has 0 saturated heterocycles. The molecule has 130 valence electrons. The summed E-state index contributed by atoms with van der Waals surface area (Å²) in [4.78, 5) is 21.2. The van der Waals surface area contributed by atoms with Crippen molar-refractivity contribution in [1.82, 2.24) is 0 Å². The normalized spacial score (nSPS) is 10.6. The van der Waals surface area contributed by atoms with Gasteiger partial charge in [-0.15, -0.1) is 0 Å². The third kappa shape index (κ3) is 8.18. The summed E-state index contributed by atoms with van der Waals surface area (Å²) in [5.74, 6) is -1.46. The van der Waals surface area contributed by atoms with Crippen LogP contribution in [0.1, 0.15) is 11.1 Å². The first-order valence-corrected chi connectivity index (χ1v) is 7.42. The van der Waals surface area contributed by atoms with E-state index in [4.69, 9.17) is 5.11 Å². The lowest BCUT2D eigenvalue weighted by molar-refractivity contribution is -0.136. The molecule has 0 atom stereocenters. The maximum atomic E-state index is 10.7. The van der Waals surface area contributed by atoms with Gasteiger partial charge in [0.1, 0.15) is 0 Å². The summed E-state index contributed by atoms with van der Waals surface area (Å²) >= 11 is 0. The van der Waals surface area contributed by atoms with Crippen molar-refractivity contribution >= 4 is 24.1 Å². The maximum absolute atomic E-state index is 10.7. The Hall–Kier alpha value is -3.34. The lowest BCUT2D eigenvalue weighted by Gasteiger charge is -1.99. The predicted molar refractivity (Wildman–Crippen MR) is 96.6 cm³/mol. The van der Waals surface area contributed by atoms with Crippen LogP contribution in [0.15, 0.2) is 72.5 Å². The molecule has 2 aromatic rings. The van der Waals surface area contributed by atoms with E-state index in [1.165, 1.54) is 26.4 Å². The number of carboxylic acids is 1. The lowest BCUT2D eigenvalue weighted by Crippen LogP contribution is -2.01. The van der Waals surface area contributed by atoms with E-state index in [1.807, 2.05) is 60.7 Å². The SMILES string of the molecule is COC(=Cc1ccccc1)C(=O)O.COC(=O)C=Cc1ccccc1. The van der Waals surface area contributed by atoms with E-state index >= 15 is 0 Å². The average molecular weight is 340 g/mol. The molecule has 0 amide bonds. The highest BCUT2D eigenvalue weighted by Crippen LogP contribution is 2.06. The first-order chi connectivity index (χ1) is 12.1. The number of hydrogen-bond acceptors (Lipinski definition) is 4. The largest absolute Gasteiger partial charge is 0.490 e. The van der Waals surface area contributed by atoms with Gasteiger partial charge in [0.25, 0.3) is 0 Å². The Bertz CT molecular complexity index is 718. The Labute approximate surface area is 146 Å². The molecular weight excluding hydrogens is 320 g/mol. The minimum Gasteiger partial charge on any atom is -0.490 e. The second kappa shape index (κ2) is 11.2. The van der Waals surface area contributed by atoms with Crippen molar-refractivity contribution in [2.45, 2.75) is 0 Å². The molecule has 0 aliphatic rings. The summed E-state index contributed by atoms with van der Waals surface area (Å²) in [6.07, 6.45) is 4.59. The number of benzene rings is 2. The van der Waals surface area contributed by atoms with Crippen LogP contribution in [-0.2, 0) is 19.1 Å². The van der Waals surface area contributed by atoms with Crippen molar-refractivity contribution in [1.29, 1.82) is 0 Å². The van der Waals surface area contributed by atoms with Gasteiger partial charge in [0.2, 0.25) is 5.76 Å². The van der Waals surface area contributed by atoms with Crippen LogP contribution in [0.4, 0.5) is 0 Å². The number of carboxylic acid groups (broad SMARTS) is 1. The molecule has 2 rings (SSSR count). The van der Waals surface area contributed by atoms with Gasteiger partial charge in [-0.05, 0) is 23.3 Å². The van der Waals surface area contributed by atoms with Gasteiger partial charge in [-0.1, -0.05) is 60.7 Å². The van der Waals surface area contributed by atoms with Gasteiger partial charge >= 0.3 is 11.9 Å². The highest BCUT2D eigenvalue weighted by molar-refractivity contribution is 5.89. The van der Waals surface area contributed by atoms with Gasteiger partial charge in [0, 0.05) is 6.08 Å². The van der Waals surface area contributed by atoms with Crippen LogP contribution in [-0.4, -0.2) is 31.3 Å². The minimum atomic E-state index is -1.06. The van der Waals surface area contributed by atoms with E-state index < -0.39 is 5.97 Å². The molecule has 5 heteroatoms. The van der Waals surface area contributed by atoms with E-state index in [2.05, 4.69) is 9.47 Å². The summed E-state index contributed by atoms with van der Waals surface area (Å²) in [5, 5.41) is 8.64. The van der Waals surface area contributed by atoms with Crippen molar-refractivity contribution < 1.29 is 24.2 Å². The molecule has 0 heterocycles.